The van der Waals surface area contributed by atoms with E-state index in [1.807, 2.05) is 19.9 Å². The monoisotopic (exact) mass is 222 g/mol. The molecule has 0 unspecified atom stereocenters. The fourth-order valence-electron chi connectivity index (χ4n) is 1.63. The SMILES string of the molecule is CCn1nc(C)cc1C(=O)CCC(C)(C)C. The molecule has 1 aromatic rings. The maximum absolute atomic E-state index is 12.0. The van der Waals surface area contributed by atoms with E-state index in [1.54, 1.807) is 4.68 Å². The van der Waals surface area contributed by atoms with Crippen LogP contribution in [0.2, 0.25) is 0 Å². The molecule has 0 atom stereocenters. The number of ketones is 1. The Labute approximate surface area is 97.8 Å². The number of aromatic nitrogens is 2. The van der Waals surface area contributed by atoms with E-state index >= 15 is 0 Å². The topological polar surface area (TPSA) is 34.9 Å². The zero-order valence-electron chi connectivity index (χ0n) is 11.0. The Morgan fingerprint density at radius 1 is 1.44 bits per heavy atom. The highest BCUT2D eigenvalue weighted by Gasteiger charge is 2.17. The molecule has 90 valence electrons. The zero-order valence-corrected chi connectivity index (χ0v) is 11.0. The molecule has 3 heteroatoms. The second-order valence-corrected chi connectivity index (χ2v) is 5.47. The van der Waals surface area contributed by atoms with Gasteiger partial charge in [0, 0.05) is 13.0 Å². The first-order chi connectivity index (χ1) is 7.33. The molecule has 0 aliphatic carbocycles. The first-order valence-electron chi connectivity index (χ1n) is 5.91. The molecule has 0 aliphatic rings. The van der Waals surface area contributed by atoms with Gasteiger partial charge in [0.1, 0.15) is 5.69 Å². The van der Waals surface area contributed by atoms with Gasteiger partial charge in [-0.25, -0.2) is 0 Å². The van der Waals surface area contributed by atoms with E-state index in [0.717, 1.165) is 24.4 Å². The van der Waals surface area contributed by atoms with Gasteiger partial charge in [-0.3, -0.25) is 9.48 Å². The van der Waals surface area contributed by atoms with Crippen molar-refractivity contribution in [1.82, 2.24) is 9.78 Å². The fourth-order valence-corrected chi connectivity index (χ4v) is 1.63. The lowest BCUT2D eigenvalue weighted by molar-refractivity contribution is 0.0955. The summed E-state index contributed by atoms with van der Waals surface area (Å²) in [7, 11) is 0. The van der Waals surface area contributed by atoms with Gasteiger partial charge < -0.3 is 0 Å². The summed E-state index contributed by atoms with van der Waals surface area (Å²) in [6.07, 6.45) is 1.52. The highest BCUT2D eigenvalue weighted by Crippen LogP contribution is 2.22. The van der Waals surface area contributed by atoms with Crippen LogP contribution in [-0.2, 0) is 6.54 Å². The molecule has 1 aromatic heterocycles. The maximum atomic E-state index is 12.0. The number of Topliss-reactive ketones (excluding diaryl/α,β-unsaturated/α-hetero) is 1. The highest BCUT2D eigenvalue weighted by molar-refractivity contribution is 5.94. The molecular weight excluding hydrogens is 200 g/mol. The largest absolute Gasteiger partial charge is 0.292 e. The molecule has 0 saturated carbocycles. The molecule has 3 nitrogen and oxygen atoms in total. The fraction of sp³-hybridized carbons (Fsp3) is 0.692. The summed E-state index contributed by atoms with van der Waals surface area (Å²) in [5.74, 6) is 0.206. The van der Waals surface area contributed by atoms with E-state index in [2.05, 4.69) is 25.9 Å². The van der Waals surface area contributed by atoms with E-state index in [9.17, 15) is 4.79 Å². The summed E-state index contributed by atoms with van der Waals surface area (Å²) in [6.45, 7) is 11.2. The Balaban J connectivity index is 2.73. The zero-order chi connectivity index (χ0) is 12.3. The van der Waals surface area contributed by atoms with Crippen molar-refractivity contribution in [3.8, 4) is 0 Å². The Bertz CT molecular complexity index is 372. The van der Waals surface area contributed by atoms with Gasteiger partial charge in [0.2, 0.25) is 0 Å². The lowest BCUT2D eigenvalue weighted by Crippen LogP contribution is -2.13. The number of hydrogen-bond acceptors (Lipinski definition) is 2. The van der Waals surface area contributed by atoms with Crippen LogP contribution in [0.15, 0.2) is 6.07 Å². The van der Waals surface area contributed by atoms with E-state index < -0.39 is 0 Å². The van der Waals surface area contributed by atoms with Crippen LogP contribution in [-0.4, -0.2) is 15.6 Å². The summed E-state index contributed by atoms with van der Waals surface area (Å²) in [5, 5.41) is 4.29. The second-order valence-electron chi connectivity index (χ2n) is 5.47. The van der Waals surface area contributed by atoms with Gasteiger partial charge in [-0.2, -0.15) is 5.10 Å². The third-order valence-corrected chi connectivity index (χ3v) is 2.59. The molecule has 0 N–H and O–H groups in total. The first-order valence-corrected chi connectivity index (χ1v) is 5.91. The van der Waals surface area contributed by atoms with Crippen LogP contribution in [0.1, 0.15) is 56.7 Å². The predicted molar refractivity (Wildman–Crippen MR) is 65.7 cm³/mol. The number of carbonyl (C=O) groups excluding carboxylic acids is 1. The highest BCUT2D eigenvalue weighted by atomic mass is 16.1. The number of hydrogen-bond donors (Lipinski definition) is 0. The van der Waals surface area contributed by atoms with Crippen LogP contribution >= 0.6 is 0 Å². The van der Waals surface area contributed by atoms with Crippen LogP contribution in [0, 0.1) is 12.3 Å². The summed E-state index contributed by atoms with van der Waals surface area (Å²) in [6, 6.07) is 1.88. The van der Waals surface area contributed by atoms with Crippen molar-refractivity contribution in [2.75, 3.05) is 0 Å². The van der Waals surface area contributed by atoms with Gasteiger partial charge in [0.05, 0.1) is 5.69 Å². The molecule has 0 amide bonds. The third-order valence-electron chi connectivity index (χ3n) is 2.59. The van der Waals surface area contributed by atoms with Crippen LogP contribution in [0.25, 0.3) is 0 Å². The first kappa shape index (κ1) is 12.9. The van der Waals surface area contributed by atoms with Crippen LogP contribution in [0.3, 0.4) is 0 Å². The average molecular weight is 222 g/mol. The van der Waals surface area contributed by atoms with Gasteiger partial charge in [0.15, 0.2) is 5.78 Å². The molecule has 16 heavy (non-hydrogen) atoms. The van der Waals surface area contributed by atoms with Gasteiger partial charge in [0.25, 0.3) is 0 Å². The Hall–Kier alpha value is -1.12. The third kappa shape index (κ3) is 3.47. The number of nitrogens with zero attached hydrogens (tertiary/aromatic N) is 2. The summed E-state index contributed by atoms with van der Waals surface area (Å²) < 4.78 is 1.79. The normalized spacial score (nSPS) is 11.8. The quantitative estimate of drug-likeness (QED) is 0.733. The van der Waals surface area contributed by atoms with E-state index in [-0.39, 0.29) is 11.2 Å². The Morgan fingerprint density at radius 3 is 2.56 bits per heavy atom. The number of carbonyl (C=O) groups is 1. The minimum Gasteiger partial charge on any atom is -0.292 e. The molecule has 0 saturated heterocycles. The molecule has 0 spiro atoms. The standard InChI is InChI=1S/C13H22N2O/c1-6-15-11(9-10(2)14-15)12(16)7-8-13(3,4)5/h9H,6-8H2,1-5H3. The summed E-state index contributed by atoms with van der Waals surface area (Å²) >= 11 is 0. The number of rotatable bonds is 4. The molecule has 0 radical (unpaired) electrons. The van der Waals surface area contributed by atoms with Crippen molar-refractivity contribution >= 4 is 5.78 Å². The van der Waals surface area contributed by atoms with Crippen molar-refractivity contribution in [2.24, 2.45) is 5.41 Å². The molecule has 0 aromatic carbocycles. The molecule has 0 fully saturated rings. The summed E-state index contributed by atoms with van der Waals surface area (Å²) in [5.41, 5.74) is 1.88. The summed E-state index contributed by atoms with van der Waals surface area (Å²) in [4.78, 5) is 12.0. The van der Waals surface area contributed by atoms with Gasteiger partial charge in [-0.15, -0.1) is 0 Å². The molecule has 0 bridgehead atoms. The van der Waals surface area contributed by atoms with Crippen molar-refractivity contribution in [2.45, 2.75) is 54.0 Å². The van der Waals surface area contributed by atoms with Gasteiger partial charge >= 0.3 is 0 Å². The van der Waals surface area contributed by atoms with Gasteiger partial charge in [-0.05, 0) is 31.7 Å². The van der Waals surface area contributed by atoms with Crippen LogP contribution in [0.4, 0.5) is 0 Å². The molecule has 1 heterocycles. The average Bonchev–Trinajstić information content (AvgIpc) is 2.55. The van der Waals surface area contributed by atoms with E-state index in [1.165, 1.54) is 0 Å². The smallest absolute Gasteiger partial charge is 0.180 e. The second kappa shape index (κ2) is 4.81. The maximum Gasteiger partial charge on any atom is 0.180 e. The minimum absolute atomic E-state index is 0.206. The van der Waals surface area contributed by atoms with Crippen LogP contribution in [0.5, 0.6) is 0 Å². The van der Waals surface area contributed by atoms with Gasteiger partial charge in [-0.1, -0.05) is 20.8 Å². The Morgan fingerprint density at radius 2 is 2.06 bits per heavy atom. The van der Waals surface area contributed by atoms with Crippen molar-refractivity contribution in [1.29, 1.82) is 0 Å². The van der Waals surface area contributed by atoms with E-state index in [4.69, 9.17) is 0 Å². The lowest BCUT2D eigenvalue weighted by Gasteiger charge is -2.17. The van der Waals surface area contributed by atoms with Crippen molar-refractivity contribution in [3.05, 3.63) is 17.5 Å². The molecule has 1 rings (SSSR count). The van der Waals surface area contributed by atoms with E-state index in [0.29, 0.717) is 6.42 Å². The van der Waals surface area contributed by atoms with Crippen molar-refractivity contribution in [3.63, 3.8) is 0 Å². The van der Waals surface area contributed by atoms with Crippen LogP contribution < -0.4 is 0 Å². The molecular formula is C13H22N2O. The molecule has 0 aliphatic heterocycles. The Kier molecular flexibility index (Phi) is 3.89. The van der Waals surface area contributed by atoms with Crippen molar-refractivity contribution < 1.29 is 4.79 Å². The lowest BCUT2D eigenvalue weighted by atomic mass is 9.89. The number of aryl methyl sites for hydroxylation is 2. The minimum atomic E-state index is 0.206. The predicted octanol–water partition coefficient (Wildman–Crippen LogP) is 3.22.